The Labute approximate surface area is 114 Å². The molecule has 2 aliphatic heterocycles. The smallest absolute Gasteiger partial charge is 0.399 e. The molecule has 0 unspecified atom stereocenters. The molecule has 5 heteroatoms. The summed E-state index contributed by atoms with van der Waals surface area (Å²) in [6.45, 7) is 8.23. The first-order valence-electron chi connectivity index (χ1n) is 6.60. The van der Waals surface area contributed by atoms with Crippen LogP contribution in [-0.2, 0) is 15.7 Å². The van der Waals surface area contributed by atoms with Gasteiger partial charge in [-0.2, -0.15) is 0 Å². The number of fused-ring (bicyclic) bond motifs is 1. The van der Waals surface area contributed by atoms with Crippen LogP contribution in [0.25, 0.3) is 0 Å². The molecule has 0 amide bonds. The van der Waals surface area contributed by atoms with E-state index in [4.69, 9.17) is 15.0 Å². The van der Waals surface area contributed by atoms with Gasteiger partial charge in [0.25, 0.3) is 0 Å². The second-order valence-electron chi connectivity index (χ2n) is 6.26. The molecule has 2 aliphatic rings. The van der Waals surface area contributed by atoms with E-state index < -0.39 is 0 Å². The van der Waals surface area contributed by atoms with Crippen molar-refractivity contribution in [3.8, 4) is 0 Å². The van der Waals surface area contributed by atoms with Gasteiger partial charge in [0, 0.05) is 6.42 Å². The first-order chi connectivity index (χ1) is 8.78. The molecule has 0 aliphatic carbocycles. The van der Waals surface area contributed by atoms with Gasteiger partial charge in [-0.1, -0.05) is 12.1 Å². The van der Waals surface area contributed by atoms with Gasteiger partial charge in [-0.3, -0.25) is 0 Å². The SMILES string of the molecule is CC1(C)OB(c2ccc3c(c2)CC(N)=N3)OC1(C)C. The van der Waals surface area contributed by atoms with Gasteiger partial charge in [-0.25, -0.2) is 4.99 Å². The maximum absolute atomic E-state index is 6.05. The minimum atomic E-state index is -0.322. The average molecular weight is 258 g/mol. The number of benzene rings is 1. The van der Waals surface area contributed by atoms with E-state index in [1.165, 1.54) is 0 Å². The fraction of sp³-hybridized carbons (Fsp3) is 0.500. The van der Waals surface area contributed by atoms with E-state index in [9.17, 15) is 0 Å². The standard InChI is InChI=1S/C14H19BN2O2/c1-13(2)14(3,4)19-15(18-13)10-5-6-11-9(7-10)8-12(16)17-11/h5-7H,8H2,1-4H3,(H2,16,17). The molecule has 1 fully saturated rings. The molecule has 2 heterocycles. The summed E-state index contributed by atoms with van der Waals surface area (Å²) in [6.07, 6.45) is 0.711. The summed E-state index contributed by atoms with van der Waals surface area (Å²) in [5.74, 6) is 0.668. The Bertz CT molecular complexity index is 551. The van der Waals surface area contributed by atoms with E-state index in [0.29, 0.717) is 12.3 Å². The second-order valence-corrected chi connectivity index (χ2v) is 6.26. The van der Waals surface area contributed by atoms with Gasteiger partial charge in [0.05, 0.1) is 16.9 Å². The lowest BCUT2D eigenvalue weighted by molar-refractivity contribution is 0.00578. The molecule has 100 valence electrons. The van der Waals surface area contributed by atoms with E-state index in [1.807, 2.05) is 12.1 Å². The van der Waals surface area contributed by atoms with Gasteiger partial charge in [0.1, 0.15) is 5.84 Å². The van der Waals surface area contributed by atoms with Crippen molar-refractivity contribution < 1.29 is 9.31 Å². The molecular weight excluding hydrogens is 239 g/mol. The third kappa shape index (κ3) is 1.97. The highest BCUT2D eigenvalue weighted by atomic mass is 16.7. The summed E-state index contributed by atoms with van der Waals surface area (Å²) in [7, 11) is -0.322. The van der Waals surface area contributed by atoms with Crippen LogP contribution >= 0.6 is 0 Å². The normalized spacial score (nSPS) is 23.4. The topological polar surface area (TPSA) is 56.8 Å². The van der Waals surface area contributed by atoms with Crippen molar-refractivity contribution in [3.63, 3.8) is 0 Å². The fourth-order valence-corrected chi connectivity index (χ4v) is 2.37. The van der Waals surface area contributed by atoms with Crippen LogP contribution in [0.5, 0.6) is 0 Å². The Morgan fingerprint density at radius 1 is 1.16 bits per heavy atom. The zero-order chi connectivity index (χ0) is 13.8. The average Bonchev–Trinajstić information content (AvgIpc) is 2.74. The molecule has 19 heavy (non-hydrogen) atoms. The highest BCUT2D eigenvalue weighted by molar-refractivity contribution is 6.62. The Kier molecular flexibility index (Phi) is 2.56. The molecule has 1 aromatic carbocycles. The molecule has 1 saturated heterocycles. The van der Waals surface area contributed by atoms with Crippen molar-refractivity contribution in [2.45, 2.75) is 45.3 Å². The lowest BCUT2D eigenvalue weighted by Gasteiger charge is -2.32. The Hall–Kier alpha value is -1.33. The van der Waals surface area contributed by atoms with Crippen LogP contribution < -0.4 is 11.2 Å². The van der Waals surface area contributed by atoms with Gasteiger partial charge < -0.3 is 15.0 Å². The number of amidine groups is 1. The first kappa shape index (κ1) is 12.7. The van der Waals surface area contributed by atoms with Crippen molar-refractivity contribution in [1.82, 2.24) is 0 Å². The minimum absolute atomic E-state index is 0.313. The molecule has 0 spiro atoms. The summed E-state index contributed by atoms with van der Waals surface area (Å²) in [6, 6.07) is 6.07. The Balaban J connectivity index is 1.89. The molecule has 4 nitrogen and oxygen atoms in total. The van der Waals surface area contributed by atoms with Gasteiger partial charge in [0.15, 0.2) is 0 Å². The van der Waals surface area contributed by atoms with E-state index in [1.54, 1.807) is 0 Å². The highest BCUT2D eigenvalue weighted by Crippen LogP contribution is 2.36. The third-order valence-corrected chi connectivity index (χ3v) is 4.26. The van der Waals surface area contributed by atoms with Crippen LogP contribution in [-0.4, -0.2) is 24.2 Å². The van der Waals surface area contributed by atoms with E-state index in [0.717, 1.165) is 16.7 Å². The second kappa shape index (κ2) is 3.84. The highest BCUT2D eigenvalue weighted by Gasteiger charge is 2.51. The zero-order valence-corrected chi connectivity index (χ0v) is 11.9. The summed E-state index contributed by atoms with van der Waals surface area (Å²) in [5, 5.41) is 0. The van der Waals surface area contributed by atoms with E-state index in [-0.39, 0.29) is 18.3 Å². The Morgan fingerprint density at radius 3 is 2.42 bits per heavy atom. The quantitative estimate of drug-likeness (QED) is 0.777. The van der Waals surface area contributed by atoms with Gasteiger partial charge in [0.2, 0.25) is 0 Å². The number of hydrogen-bond acceptors (Lipinski definition) is 4. The number of nitrogens with zero attached hydrogens (tertiary/aromatic N) is 1. The first-order valence-corrected chi connectivity index (χ1v) is 6.60. The predicted octanol–water partition coefficient (Wildman–Crippen LogP) is 1.53. The zero-order valence-electron chi connectivity index (χ0n) is 11.9. The van der Waals surface area contributed by atoms with E-state index in [2.05, 4.69) is 38.8 Å². The van der Waals surface area contributed by atoms with Crippen molar-refractivity contribution >= 4 is 24.1 Å². The van der Waals surface area contributed by atoms with Crippen molar-refractivity contribution in [2.24, 2.45) is 10.7 Å². The number of hydrogen-bond donors (Lipinski definition) is 1. The molecule has 0 bridgehead atoms. The molecule has 3 rings (SSSR count). The molecular formula is C14H19BN2O2. The largest absolute Gasteiger partial charge is 0.494 e. The van der Waals surface area contributed by atoms with Crippen molar-refractivity contribution in [2.75, 3.05) is 0 Å². The van der Waals surface area contributed by atoms with Crippen LogP contribution in [0, 0.1) is 0 Å². The van der Waals surface area contributed by atoms with Crippen LogP contribution in [0.3, 0.4) is 0 Å². The molecule has 1 aromatic rings. The Morgan fingerprint density at radius 2 is 1.79 bits per heavy atom. The molecule has 0 atom stereocenters. The van der Waals surface area contributed by atoms with Crippen LogP contribution in [0.15, 0.2) is 23.2 Å². The predicted molar refractivity (Wildman–Crippen MR) is 77.1 cm³/mol. The molecule has 2 N–H and O–H groups in total. The van der Waals surface area contributed by atoms with Crippen molar-refractivity contribution in [1.29, 1.82) is 0 Å². The summed E-state index contributed by atoms with van der Waals surface area (Å²) < 4.78 is 12.1. The summed E-state index contributed by atoms with van der Waals surface area (Å²) >= 11 is 0. The van der Waals surface area contributed by atoms with Crippen LogP contribution in [0.2, 0.25) is 0 Å². The lowest BCUT2D eigenvalue weighted by Crippen LogP contribution is -2.41. The maximum atomic E-state index is 6.05. The molecule has 0 aromatic heterocycles. The van der Waals surface area contributed by atoms with Crippen LogP contribution in [0.4, 0.5) is 5.69 Å². The van der Waals surface area contributed by atoms with Gasteiger partial charge in [-0.05, 0) is 44.8 Å². The third-order valence-electron chi connectivity index (χ3n) is 4.26. The van der Waals surface area contributed by atoms with Crippen molar-refractivity contribution in [3.05, 3.63) is 23.8 Å². The fourth-order valence-electron chi connectivity index (χ4n) is 2.37. The van der Waals surface area contributed by atoms with E-state index >= 15 is 0 Å². The summed E-state index contributed by atoms with van der Waals surface area (Å²) in [4.78, 5) is 4.29. The monoisotopic (exact) mass is 258 g/mol. The molecule has 0 saturated carbocycles. The summed E-state index contributed by atoms with van der Waals surface area (Å²) in [5.41, 5.74) is 8.27. The van der Waals surface area contributed by atoms with Gasteiger partial charge in [-0.15, -0.1) is 0 Å². The number of nitrogens with two attached hydrogens (primary N) is 1. The van der Waals surface area contributed by atoms with Gasteiger partial charge >= 0.3 is 7.12 Å². The maximum Gasteiger partial charge on any atom is 0.494 e. The number of rotatable bonds is 1. The lowest BCUT2D eigenvalue weighted by atomic mass is 9.78. The number of aliphatic imine (C=N–C) groups is 1. The van der Waals surface area contributed by atoms with Crippen LogP contribution in [0.1, 0.15) is 33.3 Å². The minimum Gasteiger partial charge on any atom is -0.399 e. The molecule has 0 radical (unpaired) electrons.